The number of sulfonamides is 2. The summed E-state index contributed by atoms with van der Waals surface area (Å²) < 4.78 is 120. The molecule has 8 N–H and O–H groups in total. The zero-order valence-corrected chi connectivity index (χ0v) is 71.0. The quantitative estimate of drug-likeness (QED) is 0.0175. The molecule has 0 saturated carbocycles. The second kappa shape index (κ2) is 45.0. The number of benzene rings is 6. The SMILES string of the molecule is CN1Cc2c(Cl)cc(Cl)cc2[C@H](c2cccc(S(=O)(=O)CCCOCCOCCNC(=O)NCCC(N)(CCCC(=O)CCCOCCOCCNS(=O)(=O)c3cccc([C@@H]4CN(C)Cc5c(Cl)cc(Cl)cc54)c3)CCNC(=O)NCCOCCOCCNS(=O)(=O)c3cccc([C@@H]4CN(C)Cc5c(Cl)cc(Cl)cc54)c3)c2)C1. The average Bonchev–Trinajstić information content (AvgIpc) is 0.781. The molecule has 0 radical (unpaired) electrons. The number of nitrogens with one attached hydrogen (secondary N) is 6. The molecule has 4 atom stereocenters. The number of ketones is 1. The number of amides is 4. The van der Waals surface area contributed by atoms with Crippen molar-refractivity contribution in [2.45, 2.75) is 109 Å². The van der Waals surface area contributed by atoms with Crippen LogP contribution in [0.25, 0.3) is 0 Å². The van der Waals surface area contributed by atoms with Crippen LogP contribution in [0.15, 0.2) is 124 Å². The van der Waals surface area contributed by atoms with Gasteiger partial charge < -0.3 is 70.1 Å². The number of urea groups is 2. The highest BCUT2D eigenvalue weighted by Gasteiger charge is 2.33. The Balaban J connectivity index is 0.636. The Labute approximate surface area is 694 Å². The predicted molar refractivity (Wildman–Crippen MR) is 442 cm³/mol. The van der Waals surface area contributed by atoms with E-state index in [1.165, 1.54) is 0 Å². The number of sulfone groups is 1. The molecule has 6 aromatic rings. The van der Waals surface area contributed by atoms with E-state index in [9.17, 15) is 39.6 Å². The lowest BCUT2D eigenvalue weighted by Crippen LogP contribution is -2.48. The molecule has 3 heterocycles. The van der Waals surface area contributed by atoms with E-state index in [0.29, 0.717) is 108 Å². The van der Waals surface area contributed by atoms with Crippen LogP contribution in [0.5, 0.6) is 0 Å². The highest BCUT2D eigenvalue weighted by atomic mass is 35.5. The molecule has 0 bridgehead atoms. The maximum absolute atomic E-state index is 13.5. The van der Waals surface area contributed by atoms with Crippen LogP contribution in [0.3, 0.4) is 0 Å². The Morgan fingerprint density at radius 1 is 0.416 bits per heavy atom. The van der Waals surface area contributed by atoms with Gasteiger partial charge >= 0.3 is 12.1 Å². The number of nitrogens with two attached hydrogens (primary N) is 1. The summed E-state index contributed by atoms with van der Waals surface area (Å²) in [4.78, 5) is 45.8. The summed E-state index contributed by atoms with van der Waals surface area (Å²) in [6, 6.07) is 30.7. The Hall–Kier alpha value is -5.36. The molecule has 0 saturated heterocycles. The maximum atomic E-state index is 13.5. The Morgan fingerprint density at radius 3 is 1.15 bits per heavy atom. The van der Waals surface area contributed by atoms with Gasteiger partial charge in [-0.2, -0.15) is 0 Å². The number of hydrogen-bond donors (Lipinski definition) is 7. The number of carbonyl (C=O) groups is 3. The van der Waals surface area contributed by atoms with Gasteiger partial charge in [0.1, 0.15) is 5.78 Å². The van der Waals surface area contributed by atoms with E-state index < -0.39 is 47.5 Å². The molecule has 3 aliphatic rings. The summed E-state index contributed by atoms with van der Waals surface area (Å²) >= 11 is 38.9. The Morgan fingerprint density at radius 2 is 0.752 bits per heavy atom. The number of carbonyl (C=O) groups excluding carboxylic acids is 3. The van der Waals surface area contributed by atoms with Gasteiger partial charge in [0, 0.05) is 158 Å². The molecule has 1 unspecified atom stereocenters. The predicted octanol–water partition coefficient (Wildman–Crippen LogP) is 11.2. The molecule has 34 heteroatoms. The number of likely N-dealkylation sites (N-methyl/N-ethyl adjacent to an activating group) is 3. The minimum absolute atomic E-state index is 0.0269. The molecular formula is C79H104Cl6N10O15S3. The fourth-order valence-electron chi connectivity index (χ4n) is 14.2. The van der Waals surface area contributed by atoms with Gasteiger partial charge in [0.25, 0.3) is 0 Å². The summed E-state index contributed by atoms with van der Waals surface area (Å²) in [7, 11) is -5.35. The number of rotatable bonds is 47. The van der Waals surface area contributed by atoms with Crippen molar-refractivity contribution in [3.05, 3.63) is 189 Å². The maximum Gasteiger partial charge on any atom is 0.314 e. The number of ether oxygens (including phenoxy) is 6. The summed E-state index contributed by atoms with van der Waals surface area (Å²) in [5.74, 6) is -0.437. The Bertz CT molecular complexity index is 4080. The van der Waals surface area contributed by atoms with E-state index in [1.54, 1.807) is 72.8 Å². The average molecular weight is 1740 g/mol. The number of fused-ring (bicyclic) bond motifs is 3. The van der Waals surface area contributed by atoms with Crippen LogP contribution in [0, 0.1) is 0 Å². The fraction of sp³-hybridized carbons (Fsp3) is 0.506. The molecule has 9 rings (SSSR count). The van der Waals surface area contributed by atoms with Crippen molar-refractivity contribution >= 4 is 117 Å². The minimum Gasteiger partial charge on any atom is -0.379 e. The minimum atomic E-state index is -3.86. The number of Topliss-reactive ketones (excluding diaryl/α,β-unsaturated/α-hetero) is 1. The van der Waals surface area contributed by atoms with Crippen LogP contribution < -0.4 is 36.4 Å². The molecule has 0 aliphatic carbocycles. The van der Waals surface area contributed by atoms with Gasteiger partial charge in [-0.25, -0.2) is 44.3 Å². The summed E-state index contributed by atoms with van der Waals surface area (Å²) in [5.41, 5.74) is 14.5. The fourth-order valence-corrected chi connectivity index (χ4v) is 19.3. The monoisotopic (exact) mass is 1740 g/mol. The summed E-state index contributed by atoms with van der Waals surface area (Å²) in [6.45, 7) is 7.22. The smallest absolute Gasteiger partial charge is 0.314 e. The van der Waals surface area contributed by atoms with Gasteiger partial charge in [0.15, 0.2) is 9.84 Å². The Kier molecular flexibility index (Phi) is 36.4. The largest absolute Gasteiger partial charge is 0.379 e. The standard InChI is InChI=1S/C79H104Cl6N10O15S3/c1-93-49-68(65-43-58(80)46-74(83)71(65)52-93)55-10-4-15-62(40-55)111(99,100)39-9-28-106-34-35-107-29-23-89-77(97)87-21-19-79(86,18-7-13-61(96)14-8-27-105-33-36-109-31-25-91-112(101,102)63-16-5-11-56(41-63)69-50-94(2)53-72-66(69)44-59(81)47-75(72)84)20-22-88-78(98)90-24-30-108-37-38-110-32-26-92-113(103,104)64-17-6-12-57(42-64)70-51-95(3)54-73-67(70)45-60(82)48-76(73)85/h4-6,10-12,15-17,40-48,68-70,91-92H,7-9,13-14,18-39,49-54,86H2,1-3H3,(H2,87,89,97)(H2,88,90,98)/t68-,69-,70-,79?/m0/s1. The van der Waals surface area contributed by atoms with Crippen LogP contribution in [0.2, 0.25) is 30.1 Å². The zero-order chi connectivity index (χ0) is 81.1. The molecular weight excluding hydrogens is 1640 g/mol. The van der Waals surface area contributed by atoms with E-state index in [4.69, 9.17) is 104 Å². The molecule has 6 aromatic carbocycles. The van der Waals surface area contributed by atoms with Crippen molar-refractivity contribution in [1.29, 1.82) is 0 Å². The first kappa shape index (κ1) is 91.5. The first-order valence-electron chi connectivity index (χ1n) is 37.9. The molecule has 4 amide bonds. The van der Waals surface area contributed by atoms with E-state index in [0.717, 1.165) is 50.1 Å². The van der Waals surface area contributed by atoms with Crippen LogP contribution in [0.1, 0.15) is 119 Å². The first-order valence-corrected chi connectivity index (χ1v) is 44.8. The van der Waals surface area contributed by atoms with Gasteiger partial charge in [-0.1, -0.05) is 106 Å². The second-order valence-corrected chi connectivity index (χ2v) is 36.9. The number of nitrogens with zero attached hydrogens (tertiary/aromatic N) is 3. The lowest BCUT2D eigenvalue weighted by atomic mass is 9.85. The third-order valence-electron chi connectivity index (χ3n) is 19.9. The summed E-state index contributed by atoms with van der Waals surface area (Å²) in [5, 5.41) is 14.5. The normalized spacial score (nSPS) is 16.7. The second-order valence-electron chi connectivity index (χ2n) is 28.7. The van der Waals surface area contributed by atoms with Gasteiger partial charge in [-0.05, 0) is 183 Å². The molecule has 0 fully saturated rings. The lowest BCUT2D eigenvalue weighted by molar-refractivity contribution is -0.119. The first-order chi connectivity index (χ1) is 54.1. The highest BCUT2D eigenvalue weighted by Crippen LogP contribution is 2.42. The third kappa shape index (κ3) is 28.7. The molecule has 0 spiro atoms. The number of halogens is 6. The molecule has 3 aliphatic heterocycles. The molecule has 0 aromatic heterocycles. The van der Waals surface area contributed by atoms with E-state index >= 15 is 0 Å². The zero-order valence-electron chi connectivity index (χ0n) is 64.0. The molecule has 25 nitrogen and oxygen atoms in total. The molecule has 113 heavy (non-hydrogen) atoms. The van der Waals surface area contributed by atoms with Crippen molar-refractivity contribution in [1.82, 2.24) is 45.4 Å². The highest BCUT2D eigenvalue weighted by molar-refractivity contribution is 7.91. The summed E-state index contributed by atoms with van der Waals surface area (Å²) in [6.07, 6.45) is 2.81. The van der Waals surface area contributed by atoms with Gasteiger partial charge in [-0.15, -0.1) is 0 Å². The van der Waals surface area contributed by atoms with E-state index in [-0.39, 0.29) is 175 Å². The van der Waals surface area contributed by atoms with Crippen molar-refractivity contribution in [2.24, 2.45) is 5.73 Å². The van der Waals surface area contributed by atoms with Crippen molar-refractivity contribution < 1.29 is 68.1 Å². The van der Waals surface area contributed by atoms with Crippen LogP contribution in [0.4, 0.5) is 9.59 Å². The molecule has 620 valence electrons. The van der Waals surface area contributed by atoms with E-state index in [1.807, 2.05) is 57.5 Å². The lowest BCUT2D eigenvalue weighted by Gasteiger charge is -2.33. The van der Waals surface area contributed by atoms with Crippen molar-refractivity contribution in [2.75, 3.05) is 165 Å². The third-order valence-corrected chi connectivity index (χ3v) is 26.3. The van der Waals surface area contributed by atoms with E-state index in [2.05, 4.69) is 45.4 Å². The van der Waals surface area contributed by atoms with Gasteiger partial charge in [-0.3, -0.25) is 4.79 Å². The van der Waals surface area contributed by atoms with Crippen molar-refractivity contribution in [3.8, 4) is 0 Å². The van der Waals surface area contributed by atoms with Crippen LogP contribution in [-0.4, -0.2) is 228 Å². The van der Waals surface area contributed by atoms with Gasteiger partial charge in [0.2, 0.25) is 20.0 Å². The van der Waals surface area contributed by atoms with Gasteiger partial charge in [0.05, 0.1) is 86.5 Å². The number of hydrogen-bond acceptors (Lipinski definition) is 19. The van der Waals surface area contributed by atoms with Crippen molar-refractivity contribution in [3.63, 3.8) is 0 Å². The van der Waals surface area contributed by atoms with Crippen LogP contribution >= 0.6 is 69.6 Å². The van der Waals surface area contributed by atoms with Crippen LogP contribution in [-0.2, 0) is 82.7 Å². The topological polar surface area (TPSA) is 317 Å².